The van der Waals surface area contributed by atoms with E-state index in [-0.39, 0.29) is 37.7 Å². The Kier molecular flexibility index (Phi) is 5.00. The van der Waals surface area contributed by atoms with Gasteiger partial charge in [0.15, 0.2) is 0 Å². The number of rotatable bonds is 0. The van der Waals surface area contributed by atoms with E-state index in [0.717, 1.165) is 0 Å². The molecular weight excluding hydrogens is 278 g/mol. The summed E-state index contributed by atoms with van der Waals surface area (Å²) in [7, 11) is 0. The third kappa shape index (κ3) is 4.67. The van der Waals surface area contributed by atoms with Gasteiger partial charge in [-0.2, -0.15) is 13.2 Å². The Morgan fingerprint density at radius 1 is 1.38 bits per heavy atom. The maximum atomic E-state index is 10.6. The molecule has 0 heterocycles. The number of carboxylic acid groups (broad SMARTS) is 1. The normalized spacial score (nSPS) is 9.88. The predicted molar refractivity (Wildman–Crippen MR) is 13.7 cm³/mol. The molecular formula is C2HF3HoO2. The first kappa shape index (κ1) is 11.3. The van der Waals surface area contributed by atoms with Gasteiger partial charge in [-0.25, -0.2) is 4.79 Å². The number of halogens is 3. The van der Waals surface area contributed by atoms with Gasteiger partial charge in [0.05, 0.1) is 0 Å². The summed E-state index contributed by atoms with van der Waals surface area (Å²) < 4.78 is 31.7. The molecule has 1 radical (unpaired) electrons. The summed E-state index contributed by atoms with van der Waals surface area (Å²) in [6, 6.07) is 0. The third-order valence-electron chi connectivity index (χ3n) is 0.243. The van der Waals surface area contributed by atoms with Gasteiger partial charge in [0.1, 0.15) is 0 Å². The van der Waals surface area contributed by atoms with E-state index >= 15 is 0 Å². The predicted octanol–water partition coefficient (Wildman–Crippen LogP) is 0.633. The van der Waals surface area contributed by atoms with Crippen LogP contribution in [0.5, 0.6) is 0 Å². The van der Waals surface area contributed by atoms with Crippen LogP contribution in [0, 0.1) is 37.7 Å². The van der Waals surface area contributed by atoms with Crippen molar-refractivity contribution in [2.75, 3.05) is 0 Å². The molecule has 0 aromatic heterocycles. The average Bonchev–Trinajstić information content (AvgIpc) is 1.31. The third-order valence-corrected chi connectivity index (χ3v) is 0.243. The van der Waals surface area contributed by atoms with Crippen molar-refractivity contribution < 1.29 is 60.8 Å². The first-order chi connectivity index (χ1) is 2.94. The molecule has 2 nitrogen and oxygen atoms in total. The smallest absolute Gasteiger partial charge is 0.475 e. The minimum Gasteiger partial charge on any atom is -0.475 e. The van der Waals surface area contributed by atoms with E-state index in [1.165, 1.54) is 0 Å². The Labute approximate surface area is 72.7 Å². The summed E-state index contributed by atoms with van der Waals surface area (Å²) in [4.78, 5) is 8.90. The molecule has 0 spiro atoms. The number of carboxylic acids is 1. The molecule has 8 heavy (non-hydrogen) atoms. The van der Waals surface area contributed by atoms with Crippen LogP contribution in [0.2, 0.25) is 0 Å². The van der Waals surface area contributed by atoms with Gasteiger partial charge >= 0.3 is 12.1 Å². The second-order valence-electron chi connectivity index (χ2n) is 0.803. The van der Waals surface area contributed by atoms with Crippen molar-refractivity contribution in [3.63, 3.8) is 0 Å². The van der Waals surface area contributed by atoms with Crippen molar-refractivity contribution in [2.45, 2.75) is 6.18 Å². The molecule has 0 saturated carbocycles. The standard InChI is InChI=1S/C2HF3O2.Ho/c3-2(4,5)1(6)7;/h(H,6,7);. The largest absolute Gasteiger partial charge is 0.490 e. The monoisotopic (exact) mass is 279 g/mol. The van der Waals surface area contributed by atoms with Crippen molar-refractivity contribution >= 4 is 5.97 Å². The summed E-state index contributed by atoms with van der Waals surface area (Å²) in [5.41, 5.74) is 0. The van der Waals surface area contributed by atoms with Crippen molar-refractivity contribution in [3.05, 3.63) is 0 Å². The van der Waals surface area contributed by atoms with Crippen molar-refractivity contribution in [3.8, 4) is 0 Å². The summed E-state index contributed by atoms with van der Waals surface area (Å²) in [5, 5.41) is 7.12. The van der Waals surface area contributed by atoms with Crippen molar-refractivity contribution in [1.29, 1.82) is 0 Å². The van der Waals surface area contributed by atoms with Gasteiger partial charge in [-0.15, -0.1) is 0 Å². The van der Waals surface area contributed by atoms with Gasteiger partial charge in [-0.3, -0.25) is 0 Å². The van der Waals surface area contributed by atoms with Crippen LogP contribution in [-0.2, 0) is 4.79 Å². The van der Waals surface area contributed by atoms with E-state index in [1.807, 2.05) is 0 Å². The topological polar surface area (TPSA) is 37.3 Å². The molecule has 0 aromatic rings. The zero-order valence-corrected chi connectivity index (χ0v) is 5.23. The van der Waals surface area contributed by atoms with Gasteiger partial charge in [-0.1, -0.05) is 0 Å². The molecule has 0 fully saturated rings. The minimum atomic E-state index is -5.08. The molecule has 0 aliphatic rings. The van der Waals surface area contributed by atoms with E-state index in [0.29, 0.717) is 0 Å². The number of hydrogen-bond donors (Lipinski definition) is 1. The van der Waals surface area contributed by atoms with E-state index < -0.39 is 12.1 Å². The summed E-state index contributed by atoms with van der Waals surface area (Å²) in [6.45, 7) is 0. The zero-order valence-electron chi connectivity index (χ0n) is 3.29. The van der Waals surface area contributed by atoms with Crippen molar-refractivity contribution in [2.24, 2.45) is 0 Å². The molecule has 0 amide bonds. The van der Waals surface area contributed by atoms with E-state index in [2.05, 4.69) is 0 Å². The van der Waals surface area contributed by atoms with Crippen LogP contribution in [0.4, 0.5) is 13.2 Å². The Morgan fingerprint density at radius 2 is 1.50 bits per heavy atom. The van der Waals surface area contributed by atoms with Gasteiger partial charge < -0.3 is 5.11 Å². The number of aliphatic carboxylic acids is 1. The first-order valence-electron chi connectivity index (χ1n) is 1.24. The SMILES string of the molecule is O=C(O)C(F)(F)F.[Ho]. The summed E-state index contributed by atoms with van der Waals surface area (Å²) in [6.07, 6.45) is -5.08. The van der Waals surface area contributed by atoms with Crippen LogP contribution in [0.1, 0.15) is 0 Å². The molecule has 0 aliphatic carbocycles. The Balaban J connectivity index is 0. The van der Waals surface area contributed by atoms with Crippen LogP contribution in [-0.4, -0.2) is 17.3 Å². The molecule has 6 heteroatoms. The van der Waals surface area contributed by atoms with Crippen LogP contribution in [0.15, 0.2) is 0 Å². The van der Waals surface area contributed by atoms with Gasteiger partial charge in [-0.05, 0) is 0 Å². The first-order valence-corrected chi connectivity index (χ1v) is 1.24. The Hall–Kier alpha value is 0.520. The molecule has 0 saturated heterocycles. The molecule has 1 N–H and O–H groups in total. The Bertz CT molecular complexity index is 87.8. The number of alkyl halides is 3. The second kappa shape index (κ2) is 3.53. The fourth-order valence-electron chi connectivity index (χ4n) is 0. The average molecular weight is 279 g/mol. The maximum absolute atomic E-state index is 10.6. The van der Waals surface area contributed by atoms with Crippen LogP contribution < -0.4 is 0 Å². The van der Waals surface area contributed by atoms with Crippen LogP contribution in [0.25, 0.3) is 0 Å². The Morgan fingerprint density at radius 3 is 1.50 bits per heavy atom. The molecule has 0 atom stereocenters. The van der Waals surface area contributed by atoms with Gasteiger partial charge in [0, 0.05) is 37.7 Å². The zero-order chi connectivity index (χ0) is 6.08. The quantitative estimate of drug-likeness (QED) is 0.660. The molecule has 0 bridgehead atoms. The minimum absolute atomic E-state index is 0. The fraction of sp³-hybridized carbons (Fsp3) is 0.500. The number of carbonyl (C=O) groups is 1. The van der Waals surface area contributed by atoms with Crippen molar-refractivity contribution in [1.82, 2.24) is 0 Å². The van der Waals surface area contributed by atoms with E-state index in [4.69, 9.17) is 9.90 Å². The summed E-state index contributed by atoms with van der Waals surface area (Å²) in [5.74, 6) is -2.76. The molecule has 0 aliphatic heterocycles. The fourth-order valence-corrected chi connectivity index (χ4v) is 0. The maximum Gasteiger partial charge on any atom is 0.490 e. The van der Waals surface area contributed by atoms with E-state index in [1.54, 1.807) is 0 Å². The van der Waals surface area contributed by atoms with E-state index in [9.17, 15) is 13.2 Å². The molecule has 0 aromatic carbocycles. The second-order valence-corrected chi connectivity index (χ2v) is 0.803. The molecule has 0 unspecified atom stereocenters. The summed E-state index contributed by atoms with van der Waals surface area (Å²) >= 11 is 0. The number of hydrogen-bond acceptors (Lipinski definition) is 1. The molecule has 53 valence electrons. The molecule has 0 rings (SSSR count). The van der Waals surface area contributed by atoms with Gasteiger partial charge in [0.25, 0.3) is 0 Å². The van der Waals surface area contributed by atoms with Gasteiger partial charge in [0.2, 0.25) is 0 Å². The van der Waals surface area contributed by atoms with Crippen LogP contribution >= 0.6 is 0 Å². The van der Waals surface area contributed by atoms with Crippen LogP contribution in [0.3, 0.4) is 0 Å².